The van der Waals surface area contributed by atoms with Crippen LogP contribution in [0.5, 0.6) is 11.5 Å². The molecule has 150 valence electrons. The van der Waals surface area contributed by atoms with Crippen LogP contribution >= 0.6 is 0 Å². The molecule has 0 saturated carbocycles. The minimum atomic E-state index is -0.585. The Labute approximate surface area is 160 Å². The summed E-state index contributed by atoms with van der Waals surface area (Å²) in [5.74, 6) is 0.503. The van der Waals surface area contributed by atoms with Gasteiger partial charge in [0.1, 0.15) is 0 Å². The first kappa shape index (κ1) is 21.0. The van der Waals surface area contributed by atoms with E-state index in [2.05, 4.69) is 19.2 Å². The molecule has 1 saturated heterocycles. The highest BCUT2D eigenvalue weighted by Gasteiger charge is 2.18. The highest BCUT2D eigenvalue weighted by molar-refractivity contribution is 5.92. The van der Waals surface area contributed by atoms with Crippen molar-refractivity contribution in [2.24, 2.45) is 5.92 Å². The second-order valence-corrected chi connectivity index (χ2v) is 6.81. The SMILES string of the molecule is CCOc1cc(C(=O)OCC(=O)NC[C@H]2CCCO2)ccc1OCC(C)C. The Bertz CT molecular complexity index is 625. The maximum atomic E-state index is 12.2. The van der Waals surface area contributed by atoms with Crippen LogP contribution < -0.4 is 14.8 Å². The van der Waals surface area contributed by atoms with E-state index in [0.717, 1.165) is 19.4 Å². The topological polar surface area (TPSA) is 83.1 Å². The molecule has 1 aliphatic heterocycles. The molecule has 27 heavy (non-hydrogen) atoms. The lowest BCUT2D eigenvalue weighted by atomic mass is 10.2. The van der Waals surface area contributed by atoms with Crippen LogP contribution in [0.2, 0.25) is 0 Å². The molecule has 1 aromatic carbocycles. The van der Waals surface area contributed by atoms with E-state index >= 15 is 0 Å². The fraction of sp³-hybridized carbons (Fsp3) is 0.600. The van der Waals surface area contributed by atoms with Gasteiger partial charge < -0.3 is 24.3 Å². The van der Waals surface area contributed by atoms with Gasteiger partial charge in [-0.3, -0.25) is 4.79 Å². The molecule has 0 bridgehead atoms. The monoisotopic (exact) mass is 379 g/mol. The molecule has 0 spiro atoms. The highest BCUT2D eigenvalue weighted by atomic mass is 16.5. The van der Waals surface area contributed by atoms with Crippen LogP contribution in [0.15, 0.2) is 18.2 Å². The number of nitrogens with one attached hydrogen (secondary N) is 1. The number of carbonyl (C=O) groups excluding carboxylic acids is 2. The summed E-state index contributed by atoms with van der Waals surface area (Å²) in [6.07, 6.45) is 2.00. The normalized spacial score (nSPS) is 16.2. The van der Waals surface area contributed by atoms with Crippen LogP contribution in [-0.2, 0) is 14.3 Å². The second kappa shape index (κ2) is 10.8. The average molecular weight is 379 g/mol. The molecule has 7 nitrogen and oxygen atoms in total. The fourth-order valence-corrected chi connectivity index (χ4v) is 2.58. The maximum Gasteiger partial charge on any atom is 0.338 e. The van der Waals surface area contributed by atoms with Crippen molar-refractivity contribution in [3.63, 3.8) is 0 Å². The summed E-state index contributed by atoms with van der Waals surface area (Å²) in [5.41, 5.74) is 0.308. The molecule has 1 heterocycles. The third-order valence-electron chi connectivity index (χ3n) is 3.94. The molecule has 1 N–H and O–H groups in total. The summed E-state index contributed by atoms with van der Waals surface area (Å²) in [7, 11) is 0. The lowest BCUT2D eigenvalue weighted by Gasteiger charge is -2.14. The van der Waals surface area contributed by atoms with Crippen molar-refractivity contribution in [1.82, 2.24) is 5.32 Å². The van der Waals surface area contributed by atoms with Crippen LogP contribution in [0.3, 0.4) is 0 Å². The third-order valence-corrected chi connectivity index (χ3v) is 3.94. The van der Waals surface area contributed by atoms with Crippen molar-refractivity contribution in [3.05, 3.63) is 23.8 Å². The standard InChI is InChI=1S/C20H29NO6/c1-4-24-18-10-15(7-8-17(18)26-12-14(2)3)20(23)27-13-19(22)21-11-16-6-5-9-25-16/h7-8,10,14,16H,4-6,9,11-13H2,1-3H3,(H,21,22)/t16-/m1/s1. The number of carbonyl (C=O) groups is 2. The van der Waals surface area contributed by atoms with Crippen LogP contribution in [0.25, 0.3) is 0 Å². The van der Waals surface area contributed by atoms with Crippen molar-refractivity contribution in [2.75, 3.05) is 33.0 Å². The van der Waals surface area contributed by atoms with E-state index in [0.29, 0.717) is 42.7 Å². The van der Waals surface area contributed by atoms with E-state index in [1.54, 1.807) is 18.2 Å². The van der Waals surface area contributed by atoms with Gasteiger partial charge in [-0.2, -0.15) is 0 Å². The average Bonchev–Trinajstić information content (AvgIpc) is 3.17. The van der Waals surface area contributed by atoms with Gasteiger partial charge in [-0.25, -0.2) is 4.79 Å². The molecule has 0 unspecified atom stereocenters. The molecule has 7 heteroatoms. The number of amides is 1. The summed E-state index contributed by atoms with van der Waals surface area (Å²) < 4.78 is 21.8. The summed E-state index contributed by atoms with van der Waals surface area (Å²) in [6, 6.07) is 4.86. The largest absolute Gasteiger partial charge is 0.490 e. The highest BCUT2D eigenvalue weighted by Crippen LogP contribution is 2.29. The zero-order valence-electron chi connectivity index (χ0n) is 16.3. The predicted octanol–water partition coefficient (Wildman–Crippen LogP) is 2.57. The van der Waals surface area contributed by atoms with Gasteiger partial charge >= 0.3 is 5.97 Å². The Kier molecular flexibility index (Phi) is 8.39. The first-order valence-electron chi connectivity index (χ1n) is 9.44. The van der Waals surface area contributed by atoms with Gasteiger partial charge in [0.15, 0.2) is 18.1 Å². The van der Waals surface area contributed by atoms with Crippen molar-refractivity contribution < 1.29 is 28.5 Å². The lowest BCUT2D eigenvalue weighted by Crippen LogP contribution is -2.34. The number of esters is 1. The Balaban J connectivity index is 1.86. The Morgan fingerprint density at radius 3 is 2.74 bits per heavy atom. The van der Waals surface area contributed by atoms with Crippen molar-refractivity contribution in [3.8, 4) is 11.5 Å². The van der Waals surface area contributed by atoms with Crippen molar-refractivity contribution >= 4 is 11.9 Å². The Morgan fingerprint density at radius 2 is 2.07 bits per heavy atom. The number of ether oxygens (including phenoxy) is 4. The zero-order valence-corrected chi connectivity index (χ0v) is 16.3. The third kappa shape index (κ3) is 7.09. The fourth-order valence-electron chi connectivity index (χ4n) is 2.58. The molecular formula is C20H29NO6. The van der Waals surface area contributed by atoms with Crippen LogP contribution in [0, 0.1) is 5.92 Å². The summed E-state index contributed by atoms with van der Waals surface area (Å²) in [6.45, 7) is 7.79. The van der Waals surface area contributed by atoms with Crippen molar-refractivity contribution in [2.45, 2.75) is 39.7 Å². The number of hydrogen-bond acceptors (Lipinski definition) is 6. The van der Waals surface area contributed by atoms with Gasteiger partial charge in [-0.05, 0) is 43.9 Å². The number of rotatable bonds is 10. The van der Waals surface area contributed by atoms with Gasteiger partial charge in [0, 0.05) is 13.2 Å². The lowest BCUT2D eigenvalue weighted by molar-refractivity contribution is -0.124. The first-order valence-corrected chi connectivity index (χ1v) is 9.44. The van der Waals surface area contributed by atoms with Gasteiger partial charge in [0.05, 0.1) is 24.9 Å². The van der Waals surface area contributed by atoms with E-state index in [9.17, 15) is 9.59 Å². The van der Waals surface area contributed by atoms with E-state index in [1.165, 1.54) is 0 Å². The molecule has 1 fully saturated rings. The van der Waals surface area contributed by atoms with E-state index < -0.39 is 5.97 Å². The summed E-state index contributed by atoms with van der Waals surface area (Å²) in [5, 5.41) is 2.71. The van der Waals surface area contributed by atoms with Crippen LogP contribution in [0.1, 0.15) is 44.0 Å². The molecule has 2 rings (SSSR count). The second-order valence-electron chi connectivity index (χ2n) is 6.81. The Hall–Kier alpha value is -2.28. The van der Waals surface area contributed by atoms with Crippen molar-refractivity contribution in [1.29, 1.82) is 0 Å². The van der Waals surface area contributed by atoms with Gasteiger partial charge in [-0.15, -0.1) is 0 Å². The molecule has 0 radical (unpaired) electrons. The zero-order chi connectivity index (χ0) is 19.6. The number of hydrogen-bond donors (Lipinski definition) is 1. The van der Waals surface area contributed by atoms with E-state index in [-0.39, 0.29) is 18.6 Å². The molecular weight excluding hydrogens is 350 g/mol. The molecule has 1 aromatic rings. The Morgan fingerprint density at radius 1 is 1.26 bits per heavy atom. The van der Waals surface area contributed by atoms with E-state index in [4.69, 9.17) is 18.9 Å². The molecule has 1 aliphatic rings. The maximum absolute atomic E-state index is 12.2. The molecule has 0 aromatic heterocycles. The van der Waals surface area contributed by atoms with Gasteiger partial charge in [0.25, 0.3) is 5.91 Å². The molecule has 1 amide bonds. The summed E-state index contributed by atoms with van der Waals surface area (Å²) in [4.78, 5) is 24.0. The quantitative estimate of drug-likeness (QED) is 0.629. The predicted molar refractivity (Wildman–Crippen MR) is 100 cm³/mol. The molecule has 0 aliphatic carbocycles. The van der Waals surface area contributed by atoms with Crippen LogP contribution in [-0.4, -0.2) is 51.0 Å². The van der Waals surface area contributed by atoms with Crippen LogP contribution in [0.4, 0.5) is 0 Å². The smallest absolute Gasteiger partial charge is 0.338 e. The van der Waals surface area contributed by atoms with Gasteiger partial charge in [0.2, 0.25) is 0 Å². The first-order chi connectivity index (χ1) is 13.0. The minimum Gasteiger partial charge on any atom is -0.490 e. The van der Waals surface area contributed by atoms with Gasteiger partial charge in [-0.1, -0.05) is 13.8 Å². The minimum absolute atomic E-state index is 0.0526. The number of benzene rings is 1. The summed E-state index contributed by atoms with van der Waals surface area (Å²) >= 11 is 0. The van der Waals surface area contributed by atoms with E-state index in [1.807, 2.05) is 6.92 Å². The molecule has 1 atom stereocenters.